The predicted octanol–water partition coefficient (Wildman–Crippen LogP) is 3.22. The zero-order valence-electron chi connectivity index (χ0n) is 16.6. The highest BCUT2D eigenvalue weighted by atomic mass is 16.5. The molecule has 3 fully saturated rings. The molecule has 4 rings (SSSR count). The van der Waals surface area contributed by atoms with Gasteiger partial charge in [-0.1, -0.05) is 6.42 Å². The van der Waals surface area contributed by atoms with Gasteiger partial charge in [-0.25, -0.2) is 0 Å². The molecule has 6 heteroatoms. The molecule has 2 bridgehead atoms. The van der Waals surface area contributed by atoms with Crippen molar-refractivity contribution in [2.75, 3.05) is 36.5 Å². The largest absolute Gasteiger partial charge is 0.453 e. The van der Waals surface area contributed by atoms with Crippen molar-refractivity contribution < 1.29 is 19.1 Å². The Balaban J connectivity index is 1.24. The molecule has 28 heavy (non-hydrogen) atoms. The summed E-state index contributed by atoms with van der Waals surface area (Å²) in [6.45, 7) is 4.87. The van der Waals surface area contributed by atoms with Crippen molar-refractivity contribution >= 4 is 23.3 Å². The molecule has 0 radical (unpaired) electrons. The third kappa shape index (κ3) is 4.49. The minimum Gasteiger partial charge on any atom is -0.453 e. The quantitative estimate of drug-likeness (QED) is 0.761. The van der Waals surface area contributed by atoms with Crippen molar-refractivity contribution in [3.05, 3.63) is 24.3 Å². The summed E-state index contributed by atoms with van der Waals surface area (Å²) in [4.78, 5) is 26.9. The van der Waals surface area contributed by atoms with Crippen LogP contribution in [0.25, 0.3) is 0 Å². The molecule has 6 nitrogen and oxygen atoms in total. The minimum atomic E-state index is -0.787. The van der Waals surface area contributed by atoms with Gasteiger partial charge in [0.15, 0.2) is 6.10 Å². The summed E-state index contributed by atoms with van der Waals surface area (Å²) in [5.41, 5.74) is 1.82. The number of hydrogen-bond donors (Lipinski definition) is 1. The number of carbonyl (C=O) groups is 2. The Bertz CT molecular complexity index is 699. The topological polar surface area (TPSA) is 67.9 Å². The van der Waals surface area contributed by atoms with Gasteiger partial charge >= 0.3 is 5.97 Å². The Labute approximate surface area is 166 Å². The van der Waals surface area contributed by atoms with Gasteiger partial charge in [0.1, 0.15) is 0 Å². The summed E-state index contributed by atoms with van der Waals surface area (Å²) in [7, 11) is 0. The van der Waals surface area contributed by atoms with Crippen LogP contribution >= 0.6 is 0 Å². The summed E-state index contributed by atoms with van der Waals surface area (Å²) in [6.07, 6.45) is 4.65. The number of anilines is 2. The Hall–Kier alpha value is -2.08. The monoisotopic (exact) mass is 386 g/mol. The number of benzene rings is 1. The first-order valence-corrected chi connectivity index (χ1v) is 10.5. The molecular weight excluding hydrogens is 356 g/mol. The molecule has 0 unspecified atom stereocenters. The van der Waals surface area contributed by atoms with Crippen molar-refractivity contribution in [1.82, 2.24) is 0 Å². The molecule has 1 aromatic rings. The average Bonchev–Trinajstić information content (AvgIpc) is 3.32. The lowest BCUT2D eigenvalue weighted by molar-refractivity contribution is -0.154. The number of carbonyl (C=O) groups excluding carboxylic acids is 2. The van der Waals surface area contributed by atoms with E-state index in [0.29, 0.717) is 23.9 Å². The maximum absolute atomic E-state index is 12.4. The molecule has 1 heterocycles. The van der Waals surface area contributed by atoms with Gasteiger partial charge in [-0.3, -0.25) is 9.59 Å². The summed E-state index contributed by atoms with van der Waals surface area (Å²) in [6, 6.07) is 7.75. The van der Waals surface area contributed by atoms with Crippen LogP contribution < -0.4 is 10.2 Å². The van der Waals surface area contributed by atoms with Crippen LogP contribution in [0, 0.1) is 17.8 Å². The van der Waals surface area contributed by atoms with E-state index in [1.807, 2.05) is 24.3 Å². The van der Waals surface area contributed by atoms with E-state index in [-0.39, 0.29) is 11.9 Å². The number of nitrogens with zero attached hydrogens (tertiary/aromatic N) is 1. The van der Waals surface area contributed by atoms with Gasteiger partial charge in [-0.05, 0) is 68.2 Å². The smallest absolute Gasteiger partial charge is 0.306 e. The Morgan fingerprint density at radius 1 is 1.18 bits per heavy atom. The highest BCUT2D eigenvalue weighted by Crippen LogP contribution is 2.49. The lowest BCUT2D eigenvalue weighted by atomic mass is 9.86. The second-order valence-electron chi connectivity index (χ2n) is 8.41. The third-order valence-electron chi connectivity index (χ3n) is 6.50. The van der Waals surface area contributed by atoms with Gasteiger partial charge in [0, 0.05) is 30.9 Å². The van der Waals surface area contributed by atoms with E-state index < -0.39 is 6.10 Å². The lowest BCUT2D eigenvalue weighted by Gasteiger charge is -2.29. The SMILES string of the molecule is C[C@H](OC(=O)C[C@@H]1C[C@H]2CC[C@H]1C2)C(=O)Nc1ccc(N2CCOCC2)cc1. The van der Waals surface area contributed by atoms with Crippen molar-refractivity contribution in [3.8, 4) is 0 Å². The number of hydrogen-bond acceptors (Lipinski definition) is 5. The third-order valence-corrected chi connectivity index (χ3v) is 6.50. The molecule has 152 valence electrons. The molecule has 2 saturated carbocycles. The first-order chi connectivity index (χ1) is 13.6. The van der Waals surface area contributed by atoms with Crippen LogP contribution in [-0.4, -0.2) is 44.3 Å². The van der Waals surface area contributed by atoms with Crippen molar-refractivity contribution in [2.24, 2.45) is 17.8 Å². The fourth-order valence-corrected chi connectivity index (χ4v) is 4.96. The number of fused-ring (bicyclic) bond motifs is 2. The molecule has 4 atom stereocenters. The van der Waals surface area contributed by atoms with E-state index in [1.165, 1.54) is 19.3 Å². The summed E-state index contributed by atoms with van der Waals surface area (Å²) >= 11 is 0. The zero-order valence-corrected chi connectivity index (χ0v) is 16.6. The van der Waals surface area contributed by atoms with Crippen LogP contribution in [-0.2, 0) is 19.1 Å². The van der Waals surface area contributed by atoms with Crippen LogP contribution in [0.2, 0.25) is 0 Å². The Morgan fingerprint density at radius 2 is 1.93 bits per heavy atom. The number of morpholine rings is 1. The Morgan fingerprint density at radius 3 is 2.57 bits per heavy atom. The zero-order chi connectivity index (χ0) is 19.5. The molecule has 3 aliphatic rings. The molecule has 1 aromatic carbocycles. The highest BCUT2D eigenvalue weighted by molar-refractivity contribution is 5.95. The molecule has 1 saturated heterocycles. The first kappa shape index (κ1) is 19.2. The maximum Gasteiger partial charge on any atom is 0.306 e. The normalized spacial score (nSPS) is 27.5. The average molecular weight is 386 g/mol. The molecule has 1 amide bonds. The van der Waals surface area contributed by atoms with Gasteiger partial charge in [0.25, 0.3) is 5.91 Å². The van der Waals surface area contributed by atoms with Crippen LogP contribution in [0.15, 0.2) is 24.3 Å². The van der Waals surface area contributed by atoms with E-state index in [9.17, 15) is 9.59 Å². The summed E-state index contributed by atoms with van der Waals surface area (Å²) < 4.78 is 10.8. The van der Waals surface area contributed by atoms with Gasteiger partial charge in [-0.2, -0.15) is 0 Å². The number of esters is 1. The Kier molecular flexibility index (Phi) is 5.85. The fourth-order valence-electron chi connectivity index (χ4n) is 4.96. The lowest BCUT2D eigenvalue weighted by Crippen LogP contribution is -2.36. The number of nitrogens with one attached hydrogen (secondary N) is 1. The standard InChI is InChI=1S/C22H30N2O4/c1-15(28-21(25)14-18-13-16-2-3-17(18)12-16)22(26)23-19-4-6-20(7-5-19)24-8-10-27-11-9-24/h4-7,15-18H,2-3,8-14H2,1H3,(H,23,26)/t15-,16-,17-,18-/m0/s1. The molecule has 1 aliphatic heterocycles. The van der Waals surface area contributed by atoms with E-state index in [4.69, 9.17) is 9.47 Å². The fraction of sp³-hybridized carbons (Fsp3) is 0.636. The van der Waals surface area contributed by atoms with Gasteiger partial charge < -0.3 is 19.7 Å². The number of ether oxygens (including phenoxy) is 2. The van der Waals surface area contributed by atoms with Crippen LogP contribution in [0.5, 0.6) is 0 Å². The van der Waals surface area contributed by atoms with Gasteiger partial charge in [0.2, 0.25) is 0 Å². The number of amides is 1. The van der Waals surface area contributed by atoms with E-state index in [1.54, 1.807) is 6.92 Å². The molecule has 2 aliphatic carbocycles. The van der Waals surface area contributed by atoms with Gasteiger partial charge in [-0.15, -0.1) is 0 Å². The van der Waals surface area contributed by atoms with Crippen molar-refractivity contribution in [2.45, 2.75) is 45.1 Å². The highest BCUT2D eigenvalue weighted by Gasteiger charge is 2.40. The van der Waals surface area contributed by atoms with E-state index in [2.05, 4.69) is 10.2 Å². The van der Waals surface area contributed by atoms with Crippen LogP contribution in [0.4, 0.5) is 11.4 Å². The van der Waals surface area contributed by atoms with E-state index >= 15 is 0 Å². The second kappa shape index (κ2) is 8.52. The van der Waals surface area contributed by atoms with Crippen LogP contribution in [0.3, 0.4) is 0 Å². The number of rotatable bonds is 6. The molecule has 0 spiro atoms. The van der Waals surface area contributed by atoms with Crippen molar-refractivity contribution in [3.63, 3.8) is 0 Å². The summed E-state index contributed by atoms with van der Waals surface area (Å²) in [5, 5.41) is 2.84. The van der Waals surface area contributed by atoms with Crippen LogP contribution in [0.1, 0.15) is 39.0 Å². The molecule has 0 aromatic heterocycles. The second-order valence-corrected chi connectivity index (χ2v) is 8.41. The molecule has 1 N–H and O–H groups in total. The summed E-state index contributed by atoms with van der Waals surface area (Å²) in [5.74, 6) is 1.41. The van der Waals surface area contributed by atoms with Crippen molar-refractivity contribution in [1.29, 1.82) is 0 Å². The minimum absolute atomic E-state index is 0.247. The van der Waals surface area contributed by atoms with E-state index in [0.717, 1.165) is 44.3 Å². The maximum atomic E-state index is 12.4. The van der Waals surface area contributed by atoms with Gasteiger partial charge in [0.05, 0.1) is 13.2 Å². The molecular formula is C22H30N2O4. The first-order valence-electron chi connectivity index (χ1n) is 10.5. The predicted molar refractivity (Wildman–Crippen MR) is 107 cm³/mol.